The van der Waals surface area contributed by atoms with Crippen LogP contribution in [-0.2, 0) is 16.4 Å². The maximum atomic E-state index is 12.2. The summed E-state index contributed by atoms with van der Waals surface area (Å²) in [5.41, 5.74) is 3.63. The molecule has 0 spiro atoms. The molecule has 0 bridgehead atoms. The number of hydrogen-bond donors (Lipinski definition) is 2. The Kier molecular flexibility index (Phi) is 5.92. The Balaban J connectivity index is 2.06. The van der Waals surface area contributed by atoms with Gasteiger partial charge in [0.25, 0.3) is 15.9 Å². The lowest BCUT2D eigenvalue weighted by Crippen LogP contribution is -2.41. The first-order chi connectivity index (χ1) is 10.9. The first kappa shape index (κ1) is 17.7. The third-order valence-electron chi connectivity index (χ3n) is 3.19. The highest BCUT2D eigenvalue weighted by molar-refractivity contribution is 9.10. The molecule has 0 aromatic heterocycles. The van der Waals surface area contributed by atoms with E-state index in [9.17, 15) is 13.2 Å². The SMILES string of the molecule is CCCc1ccc(S(=O)(=O)NNC(=O)c2ccccc2Br)cc1. The molecule has 0 saturated heterocycles. The van der Waals surface area contributed by atoms with Crippen LogP contribution in [0, 0.1) is 0 Å². The van der Waals surface area contributed by atoms with Gasteiger partial charge in [-0.05, 0) is 52.2 Å². The second-order valence-corrected chi connectivity index (χ2v) is 7.47. The fraction of sp³-hybridized carbons (Fsp3) is 0.188. The summed E-state index contributed by atoms with van der Waals surface area (Å²) in [7, 11) is -3.81. The van der Waals surface area contributed by atoms with E-state index in [1.807, 2.05) is 0 Å². The predicted octanol–water partition coefficient (Wildman–Crippen LogP) is 3.02. The highest BCUT2D eigenvalue weighted by Gasteiger charge is 2.16. The standard InChI is InChI=1S/C16H17BrN2O3S/c1-2-5-12-8-10-13(11-9-12)23(21,22)19-18-16(20)14-6-3-4-7-15(14)17/h3-4,6-11,19H,2,5H2,1H3,(H,18,20). The Morgan fingerprint density at radius 1 is 1.09 bits per heavy atom. The molecule has 0 fully saturated rings. The van der Waals surface area contributed by atoms with E-state index in [0.29, 0.717) is 10.0 Å². The van der Waals surface area contributed by atoms with Crippen molar-refractivity contribution in [3.05, 3.63) is 64.1 Å². The molecule has 2 aromatic carbocycles. The molecule has 0 heterocycles. The predicted molar refractivity (Wildman–Crippen MR) is 92.4 cm³/mol. The first-order valence-corrected chi connectivity index (χ1v) is 9.37. The number of amides is 1. The number of benzene rings is 2. The van der Waals surface area contributed by atoms with Crippen molar-refractivity contribution in [1.82, 2.24) is 10.3 Å². The van der Waals surface area contributed by atoms with Crippen LogP contribution in [-0.4, -0.2) is 14.3 Å². The van der Waals surface area contributed by atoms with Crippen molar-refractivity contribution in [2.24, 2.45) is 0 Å². The van der Waals surface area contributed by atoms with Crippen molar-refractivity contribution < 1.29 is 13.2 Å². The zero-order valence-corrected chi connectivity index (χ0v) is 14.9. The number of halogens is 1. The Hall–Kier alpha value is -1.70. The van der Waals surface area contributed by atoms with Crippen LogP contribution in [0.3, 0.4) is 0 Å². The van der Waals surface area contributed by atoms with Gasteiger partial charge < -0.3 is 0 Å². The molecular formula is C16H17BrN2O3S. The van der Waals surface area contributed by atoms with Gasteiger partial charge in [0, 0.05) is 4.47 Å². The first-order valence-electron chi connectivity index (χ1n) is 7.09. The lowest BCUT2D eigenvalue weighted by Gasteiger charge is -2.10. The number of carbonyl (C=O) groups excluding carboxylic acids is 1. The smallest absolute Gasteiger partial charge is 0.267 e. The third kappa shape index (κ3) is 4.63. The fourth-order valence-electron chi connectivity index (χ4n) is 2.01. The van der Waals surface area contributed by atoms with E-state index < -0.39 is 15.9 Å². The third-order valence-corrected chi connectivity index (χ3v) is 5.14. The highest BCUT2D eigenvalue weighted by atomic mass is 79.9. The summed E-state index contributed by atoms with van der Waals surface area (Å²) in [6.45, 7) is 2.06. The molecule has 122 valence electrons. The summed E-state index contributed by atoms with van der Waals surface area (Å²) in [6.07, 6.45) is 1.89. The zero-order valence-electron chi connectivity index (χ0n) is 12.5. The minimum absolute atomic E-state index is 0.102. The Labute approximate surface area is 144 Å². The number of nitrogens with one attached hydrogen (secondary N) is 2. The van der Waals surface area contributed by atoms with Gasteiger partial charge in [-0.25, -0.2) is 8.42 Å². The molecule has 0 atom stereocenters. The molecule has 0 unspecified atom stereocenters. The van der Waals surface area contributed by atoms with E-state index in [0.717, 1.165) is 18.4 Å². The van der Waals surface area contributed by atoms with Crippen molar-refractivity contribution in [1.29, 1.82) is 0 Å². The summed E-state index contributed by atoms with van der Waals surface area (Å²) < 4.78 is 25.0. The molecule has 0 saturated carbocycles. The van der Waals surface area contributed by atoms with Crippen molar-refractivity contribution in [3.8, 4) is 0 Å². The van der Waals surface area contributed by atoms with Crippen molar-refractivity contribution in [3.63, 3.8) is 0 Å². The molecule has 2 aromatic rings. The molecule has 2 N–H and O–H groups in total. The zero-order chi connectivity index (χ0) is 16.9. The quantitative estimate of drug-likeness (QED) is 0.736. The largest absolute Gasteiger partial charge is 0.273 e. The van der Waals surface area contributed by atoms with Crippen molar-refractivity contribution >= 4 is 31.9 Å². The summed E-state index contributed by atoms with van der Waals surface area (Å²) in [6, 6.07) is 13.4. The molecule has 0 aliphatic rings. The molecule has 7 heteroatoms. The summed E-state index contributed by atoms with van der Waals surface area (Å²) in [4.78, 5) is 14.2. The normalized spacial score (nSPS) is 11.2. The van der Waals surface area contributed by atoms with Gasteiger partial charge in [-0.1, -0.05) is 37.6 Å². The molecule has 0 radical (unpaired) electrons. The number of sulfonamides is 1. The van der Waals surface area contributed by atoms with Gasteiger partial charge in [0.05, 0.1) is 10.5 Å². The molecule has 0 aliphatic carbocycles. The van der Waals surface area contributed by atoms with Gasteiger partial charge in [-0.2, -0.15) is 0 Å². The summed E-state index contributed by atoms with van der Waals surface area (Å²) in [5.74, 6) is -0.538. The van der Waals surface area contributed by atoms with Crippen LogP contribution in [0.15, 0.2) is 57.9 Å². The average molecular weight is 397 g/mol. The number of hydrogen-bond acceptors (Lipinski definition) is 3. The van der Waals surface area contributed by atoms with Crippen molar-refractivity contribution in [2.75, 3.05) is 0 Å². The van der Waals surface area contributed by atoms with Crippen LogP contribution in [0.4, 0.5) is 0 Å². The summed E-state index contributed by atoms with van der Waals surface area (Å²) in [5, 5.41) is 0. The van der Waals surface area contributed by atoms with E-state index in [2.05, 4.69) is 33.1 Å². The van der Waals surface area contributed by atoms with E-state index in [1.54, 1.807) is 36.4 Å². The van der Waals surface area contributed by atoms with Crippen molar-refractivity contribution in [2.45, 2.75) is 24.7 Å². The minimum atomic E-state index is -3.81. The minimum Gasteiger partial charge on any atom is -0.273 e. The second kappa shape index (κ2) is 7.72. The maximum absolute atomic E-state index is 12.2. The van der Waals surface area contributed by atoms with E-state index >= 15 is 0 Å². The maximum Gasteiger partial charge on any atom is 0.267 e. The monoisotopic (exact) mass is 396 g/mol. The van der Waals surface area contributed by atoms with E-state index in [4.69, 9.17) is 0 Å². The topological polar surface area (TPSA) is 75.3 Å². The van der Waals surface area contributed by atoms with Gasteiger partial charge in [-0.3, -0.25) is 10.2 Å². The Morgan fingerprint density at radius 2 is 1.74 bits per heavy atom. The van der Waals surface area contributed by atoms with Gasteiger partial charge in [-0.15, -0.1) is 4.83 Å². The molecule has 1 amide bonds. The molecule has 0 aliphatic heterocycles. The average Bonchev–Trinajstić information content (AvgIpc) is 2.54. The second-order valence-electron chi connectivity index (χ2n) is 4.93. The van der Waals surface area contributed by atoms with Crippen LogP contribution >= 0.6 is 15.9 Å². The van der Waals surface area contributed by atoms with Crippen LogP contribution in [0.2, 0.25) is 0 Å². The number of carbonyl (C=O) groups is 1. The molecule has 5 nitrogen and oxygen atoms in total. The van der Waals surface area contributed by atoms with Gasteiger partial charge >= 0.3 is 0 Å². The number of hydrazine groups is 1. The fourth-order valence-corrected chi connectivity index (χ4v) is 3.31. The van der Waals surface area contributed by atoms with Crippen LogP contribution < -0.4 is 10.3 Å². The van der Waals surface area contributed by atoms with Crippen LogP contribution in [0.5, 0.6) is 0 Å². The number of aryl methyl sites for hydroxylation is 1. The van der Waals surface area contributed by atoms with E-state index in [-0.39, 0.29) is 4.90 Å². The Morgan fingerprint density at radius 3 is 2.35 bits per heavy atom. The summed E-state index contributed by atoms with van der Waals surface area (Å²) >= 11 is 3.25. The lowest BCUT2D eigenvalue weighted by atomic mass is 10.1. The van der Waals surface area contributed by atoms with Gasteiger partial charge in [0.1, 0.15) is 0 Å². The van der Waals surface area contributed by atoms with Crippen LogP contribution in [0.25, 0.3) is 0 Å². The molecule has 2 rings (SSSR count). The lowest BCUT2D eigenvalue weighted by molar-refractivity contribution is 0.0944. The van der Waals surface area contributed by atoms with Gasteiger partial charge in [0.2, 0.25) is 0 Å². The van der Waals surface area contributed by atoms with Crippen LogP contribution in [0.1, 0.15) is 29.3 Å². The number of rotatable bonds is 6. The highest BCUT2D eigenvalue weighted by Crippen LogP contribution is 2.15. The Bertz CT molecular complexity index is 789. The van der Waals surface area contributed by atoms with E-state index in [1.165, 1.54) is 12.1 Å². The van der Waals surface area contributed by atoms with Gasteiger partial charge in [0.15, 0.2) is 0 Å². The molecular weight excluding hydrogens is 380 g/mol. The molecule has 23 heavy (non-hydrogen) atoms.